The van der Waals surface area contributed by atoms with Gasteiger partial charge in [0.1, 0.15) is 0 Å². The molecule has 1 saturated carbocycles. The minimum Gasteiger partial charge on any atom is -0.349 e. The summed E-state index contributed by atoms with van der Waals surface area (Å²) >= 11 is 0. The van der Waals surface area contributed by atoms with Crippen molar-refractivity contribution < 1.29 is 13.2 Å². The van der Waals surface area contributed by atoms with E-state index < -0.39 is 10.0 Å². The average Bonchev–Trinajstić information content (AvgIpc) is 2.66. The molecule has 3 atom stereocenters. The van der Waals surface area contributed by atoms with Crippen LogP contribution in [-0.4, -0.2) is 37.8 Å². The van der Waals surface area contributed by atoms with Crippen molar-refractivity contribution in [2.24, 2.45) is 11.8 Å². The first-order valence-electron chi connectivity index (χ1n) is 9.80. The van der Waals surface area contributed by atoms with Crippen LogP contribution >= 0.6 is 0 Å². The molecule has 1 amide bonds. The van der Waals surface area contributed by atoms with Gasteiger partial charge in [-0.05, 0) is 49.3 Å². The topological polar surface area (TPSA) is 66.5 Å². The van der Waals surface area contributed by atoms with Gasteiger partial charge in [-0.15, -0.1) is 0 Å². The average molecular weight is 379 g/mol. The van der Waals surface area contributed by atoms with Crippen LogP contribution in [0.15, 0.2) is 29.2 Å². The highest BCUT2D eigenvalue weighted by Crippen LogP contribution is 2.30. The van der Waals surface area contributed by atoms with Gasteiger partial charge in [-0.3, -0.25) is 4.79 Å². The van der Waals surface area contributed by atoms with Crippen molar-refractivity contribution in [1.29, 1.82) is 0 Å². The van der Waals surface area contributed by atoms with Crippen molar-refractivity contribution in [2.75, 3.05) is 13.1 Å². The molecule has 5 nitrogen and oxygen atoms in total. The first-order chi connectivity index (χ1) is 12.4. The standard InChI is InChI=1S/C20H30N2O3S/c1-15-8-6-11-19(16(15)2)21-20(23)17-9-7-10-18(14-17)26(24,25)22-12-4-3-5-13-22/h7,9-10,14-16,19H,3-6,8,11-13H2,1-2H3,(H,21,23)/t15-,16-,19+/m1/s1. The van der Waals surface area contributed by atoms with Crippen molar-refractivity contribution in [2.45, 2.75) is 63.3 Å². The van der Waals surface area contributed by atoms with E-state index in [4.69, 9.17) is 0 Å². The maximum absolute atomic E-state index is 12.8. The van der Waals surface area contributed by atoms with Gasteiger partial charge in [0, 0.05) is 24.7 Å². The number of nitrogens with zero attached hydrogens (tertiary/aromatic N) is 1. The third-order valence-electron chi connectivity index (χ3n) is 6.07. The molecule has 6 heteroatoms. The lowest BCUT2D eigenvalue weighted by molar-refractivity contribution is 0.0891. The van der Waals surface area contributed by atoms with Crippen LogP contribution in [0.5, 0.6) is 0 Å². The molecule has 1 aliphatic heterocycles. The number of amides is 1. The molecule has 0 radical (unpaired) electrons. The Bertz CT molecular complexity index is 741. The highest BCUT2D eigenvalue weighted by molar-refractivity contribution is 7.89. The predicted molar refractivity (Wildman–Crippen MR) is 102 cm³/mol. The van der Waals surface area contributed by atoms with Gasteiger partial charge in [0.25, 0.3) is 5.91 Å². The summed E-state index contributed by atoms with van der Waals surface area (Å²) in [4.78, 5) is 12.9. The Morgan fingerprint density at radius 1 is 1.08 bits per heavy atom. The maximum atomic E-state index is 12.8. The minimum absolute atomic E-state index is 0.161. The first kappa shape index (κ1) is 19.4. The summed E-state index contributed by atoms with van der Waals surface area (Å²) in [5, 5.41) is 3.13. The molecular weight excluding hydrogens is 348 g/mol. The van der Waals surface area contributed by atoms with Crippen LogP contribution in [0.3, 0.4) is 0 Å². The second-order valence-electron chi connectivity index (χ2n) is 7.84. The third kappa shape index (κ3) is 4.12. The third-order valence-corrected chi connectivity index (χ3v) is 7.97. The van der Waals surface area contributed by atoms with Crippen LogP contribution in [0.25, 0.3) is 0 Å². The van der Waals surface area contributed by atoms with Gasteiger partial charge in [-0.2, -0.15) is 4.31 Å². The van der Waals surface area contributed by atoms with Gasteiger partial charge in [-0.1, -0.05) is 39.2 Å². The molecule has 1 aliphatic carbocycles. The Morgan fingerprint density at radius 2 is 1.81 bits per heavy atom. The summed E-state index contributed by atoms with van der Waals surface area (Å²) in [5.74, 6) is 0.861. The lowest BCUT2D eigenvalue weighted by Gasteiger charge is -2.34. The molecule has 2 aliphatic rings. The van der Waals surface area contributed by atoms with Crippen LogP contribution in [0.4, 0.5) is 0 Å². The molecule has 1 heterocycles. The molecule has 0 spiro atoms. The number of carbonyl (C=O) groups is 1. The van der Waals surface area contributed by atoms with Crippen LogP contribution < -0.4 is 5.32 Å². The molecule has 2 fully saturated rings. The number of sulfonamides is 1. The van der Waals surface area contributed by atoms with Gasteiger partial charge in [0.15, 0.2) is 0 Å². The molecule has 0 aromatic heterocycles. The monoisotopic (exact) mass is 378 g/mol. The SMILES string of the molecule is C[C@@H]1[C@H](C)CCC[C@@H]1NC(=O)c1cccc(S(=O)(=O)N2CCCCC2)c1. The van der Waals surface area contributed by atoms with E-state index in [2.05, 4.69) is 19.2 Å². The highest BCUT2D eigenvalue weighted by atomic mass is 32.2. The number of nitrogens with one attached hydrogen (secondary N) is 1. The number of hydrogen-bond acceptors (Lipinski definition) is 3. The Morgan fingerprint density at radius 3 is 2.54 bits per heavy atom. The normalized spacial score (nSPS) is 27.8. The lowest BCUT2D eigenvalue weighted by atomic mass is 9.78. The van der Waals surface area contributed by atoms with Crippen LogP contribution in [0, 0.1) is 11.8 Å². The summed E-state index contributed by atoms with van der Waals surface area (Å²) < 4.78 is 27.2. The molecule has 144 valence electrons. The Hall–Kier alpha value is -1.40. The lowest BCUT2D eigenvalue weighted by Crippen LogP contribution is -2.43. The largest absolute Gasteiger partial charge is 0.349 e. The van der Waals surface area contributed by atoms with Crippen molar-refractivity contribution >= 4 is 15.9 Å². The molecule has 1 aromatic carbocycles. The number of piperidine rings is 1. The molecule has 1 N–H and O–H groups in total. The molecule has 1 aromatic rings. The molecule has 1 saturated heterocycles. The second-order valence-corrected chi connectivity index (χ2v) is 9.78. The van der Waals surface area contributed by atoms with Gasteiger partial charge < -0.3 is 5.32 Å². The quantitative estimate of drug-likeness (QED) is 0.873. The number of rotatable bonds is 4. The summed E-state index contributed by atoms with van der Waals surface area (Å²) in [6.07, 6.45) is 6.20. The molecule has 26 heavy (non-hydrogen) atoms. The zero-order valence-electron chi connectivity index (χ0n) is 15.8. The van der Waals surface area contributed by atoms with Gasteiger partial charge in [-0.25, -0.2) is 8.42 Å². The van der Waals surface area contributed by atoms with Crippen molar-refractivity contribution in [3.05, 3.63) is 29.8 Å². The summed E-state index contributed by atoms with van der Waals surface area (Å²) in [6, 6.07) is 6.64. The van der Waals surface area contributed by atoms with E-state index >= 15 is 0 Å². The van der Waals surface area contributed by atoms with Crippen molar-refractivity contribution in [1.82, 2.24) is 9.62 Å². The smallest absolute Gasteiger partial charge is 0.251 e. The van der Waals surface area contributed by atoms with E-state index in [1.54, 1.807) is 22.5 Å². The number of hydrogen-bond donors (Lipinski definition) is 1. The molecular formula is C20H30N2O3S. The molecule has 3 rings (SSSR count). The zero-order chi connectivity index (χ0) is 18.7. The molecule has 0 bridgehead atoms. The van der Waals surface area contributed by atoms with Gasteiger partial charge in [0.05, 0.1) is 4.90 Å². The highest BCUT2D eigenvalue weighted by Gasteiger charge is 2.29. The number of carbonyl (C=O) groups excluding carboxylic acids is 1. The Labute approximate surface area is 157 Å². The van der Waals surface area contributed by atoms with Crippen LogP contribution in [-0.2, 0) is 10.0 Å². The van der Waals surface area contributed by atoms with E-state index in [0.29, 0.717) is 30.5 Å². The number of benzene rings is 1. The Kier molecular flexibility index (Phi) is 6.03. The van der Waals surface area contributed by atoms with E-state index in [-0.39, 0.29) is 16.8 Å². The summed E-state index contributed by atoms with van der Waals surface area (Å²) in [7, 11) is -3.52. The summed E-state index contributed by atoms with van der Waals surface area (Å²) in [5.41, 5.74) is 0.425. The van der Waals surface area contributed by atoms with E-state index in [1.807, 2.05) is 0 Å². The van der Waals surface area contributed by atoms with E-state index in [9.17, 15) is 13.2 Å². The van der Waals surface area contributed by atoms with Gasteiger partial charge >= 0.3 is 0 Å². The minimum atomic E-state index is -3.52. The maximum Gasteiger partial charge on any atom is 0.251 e. The summed E-state index contributed by atoms with van der Waals surface area (Å²) in [6.45, 7) is 5.55. The van der Waals surface area contributed by atoms with Crippen molar-refractivity contribution in [3.8, 4) is 0 Å². The first-order valence-corrected chi connectivity index (χ1v) is 11.2. The fourth-order valence-corrected chi connectivity index (χ4v) is 5.65. The second kappa shape index (κ2) is 8.09. The fourth-order valence-electron chi connectivity index (χ4n) is 4.09. The predicted octanol–water partition coefficient (Wildman–Crippen LogP) is 3.42. The Balaban J connectivity index is 1.75. The van der Waals surface area contributed by atoms with Crippen LogP contribution in [0.2, 0.25) is 0 Å². The van der Waals surface area contributed by atoms with Gasteiger partial charge in [0.2, 0.25) is 10.0 Å². The van der Waals surface area contributed by atoms with Crippen LogP contribution in [0.1, 0.15) is 62.7 Å². The van der Waals surface area contributed by atoms with E-state index in [1.165, 1.54) is 12.5 Å². The van der Waals surface area contributed by atoms with Crippen molar-refractivity contribution in [3.63, 3.8) is 0 Å². The fraction of sp³-hybridized carbons (Fsp3) is 0.650. The van der Waals surface area contributed by atoms with E-state index in [0.717, 1.165) is 32.1 Å². The molecule has 0 unspecified atom stereocenters. The zero-order valence-corrected chi connectivity index (χ0v) is 16.6.